The lowest BCUT2D eigenvalue weighted by atomic mass is 10.1. The van der Waals surface area contributed by atoms with Gasteiger partial charge in [0, 0.05) is 18.1 Å². The fourth-order valence-electron chi connectivity index (χ4n) is 2.44. The number of hydrogen-bond donors (Lipinski definition) is 2. The molecule has 0 spiro atoms. The predicted octanol–water partition coefficient (Wildman–Crippen LogP) is 4.18. The Bertz CT molecular complexity index is 872. The first-order chi connectivity index (χ1) is 12.4. The van der Waals surface area contributed by atoms with E-state index in [0.29, 0.717) is 0 Å². The molecule has 0 aliphatic carbocycles. The molecule has 0 saturated heterocycles. The summed E-state index contributed by atoms with van der Waals surface area (Å²) < 4.78 is 40.0. The molecule has 0 saturated carbocycles. The minimum atomic E-state index is -4.43. The number of amides is 1. The summed E-state index contributed by atoms with van der Waals surface area (Å²) in [4.78, 5) is 12.0. The average Bonchev–Trinajstić information content (AvgIpc) is 3.15. The first kappa shape index (κ1) is 17.6. The van der Waals surface area contributed by atoms with E-state index < -0.39 is 11.7 Å². The third kappa shape index (κ3) is 4.44. The van der Waals surface area contributed by atoms with Gasteiger partial charge in [0.1, 0.15) is 0 Å². The number of aromatic nitrogens is 1. The van der Waals surface area contributed by atoms with Gasteiger partial charge in [0.2, 0.25) is 5.91 Å². The molecule has 0 aliphatic heterocycles. The highest BCUT2D eigenvalue weighted by Gasteiger charge is 2.30. The second-order valence-corrected chi connectivity index (χ2v) is 5.69. The average molecular weight is 359 g/mol. The molecule has 3 aromatic rings. The largest absolute Gasteiger partial charge is 0.416 e. The van der Waals surface area contributed by atoms with Crippen molar-refractivity contribution in [2.45, 2.75) is 12.6 Å². The SMILES string of the molecule is O=C(Cc1ccc(-n2cccc2)cc1)NNc1cccc(C(F)(F)F)c1. The zero-order valence-electron chi connectivity index (χ0n) is 13.6. The molecule has 4 nitrogen and oxygen atoms in total. The van der Waals surface area contributed by atoms with Crippen LogP contribution >= 0.6 is 0 Å². The maximum absolute atomic E-state index is 12.7. The molecule has 0 aliphatic rings. The summed E-state index contributed by atoms with van der Waals surface area (Å²) in [5, 5.41) is 0. The molecule has 2 aromatic carbocycles. The number of alkyl halides is 3. The molecule has 0 bridgehead atoms. The van der Waals surface area contributed by atoms with Gasteiger partial charge in [-0.2, -0.15) is 13.2 Å². The number of carbonyl (C=O) groups excluding carboxylic acids is 1. The van der Waals surface area contributed by atoms with Crippen molar-refractivity contribution in [3.8, 4) is 5.69 Å². The highest BCUT2D eigenvalue weighted by Crippen LogP contribution is 2.30. The summed E-state index contributed by atoms with van der Waals surface area (Å²) in [5.41, 5.74) is 6.07. The van der Waals surface area contributed by atoms with Crippen LogP contribution in [0.3, 0.4) is 0 Å². The van der Waals surface area contributed by atoms with E-state index in [4.69, 9.17) is 0 Å². The van der Waals surface area contributed by atoms with Crippen LogP contribution in [-0.2, 0) is 17.4 Å². The second-order valence-electron chi connectivity index (χ2n) is 5.69. The van der Waals surface area contributed by atoms with Crippen LogP contribution in [0.4, 0.5) is 18.9 Å². The standard InChI is InChI=1S/C19H16F3N3O/c20-19(21,22)15-4-3-5-16(13-15)23-24-18(26)12-14-6-8-17(9-7-14)25-10-1-2-11-25/h1-11,13,23H,12H2,(H,24,26). The van der Waals surface area contributed by atoms with Crippen LogP contribution in [0.5, 0.6) is 0 Å². The minimum Gasteiger partial charge on any atom is -0.324 e. The van der Waals surface area contributed by atoms with Gasteiger partial charge in [-0.25, -0.2) is 0 Å². The van der Waals surface area contributed by atoms with Crippen molar-refractivity contribution in [1.82, 2.24) is 9.99 Å². The van der Waals surface area contributed by atoms with Crippen molar-refractivity contribution in [3.63, 3.8) is 0 Å². The summed E-state index contributed by atoms with van der Waals surface area (Å²) >= 11 is 0. The van der Waals surface area contributed by atoms with E-state index in [1.165, 1.54) is 12.1 Å². The molecule has 1 aromatic heterocycles. The van der Waals surface area contributed by atoms with E-state index in [1.807, 2.05) is 53.4 Å². The normalized spacial score (nSPS) is 11.2. The van der Waals surface area contributed by atoms with E-state index in [0.717, 1.165) is 23.4 Å². The zero-order valence-corrected chi connectivity index (χ0v) is 13.6. The fraction of sp³-hybridized carbons (Fsp3) is 0.105. The van der Waals surface area contributed by atoms with E-state index in [-0.39, 0.29) is 18.0 Å². The van der Waals surface area contributed by atoms with Crippen molar-refractivity contribution in [1.29, 1.82) is 0 Å². The Kier molecular flexibility index (Phi) is 4.97. The Morgan fingerprint density at radius 3 is 2.31 bits per heavy atom. The maximum atomic E-state index is 12.7. The Labute approximate surface area is 148 Å². The molecule has 134 valence electrons. The van der Waals surface area contributed by atoms with Crippen LogP contribution in [0, 0.1) is 0 Å². The molecule has 1 heterocycles. The van der Waals surface area contributed by atoms with E-state index in [1.54, 1.807) is 0 Å². The molecule has 1 amide bonds. The molecule has 26 heavy (non-hydrogen) atoms. The number of benzene rings is 2. The summed E-state index contributed by atoms with van der Waals surface area (Å²) in [5.74, 6) is -0.351. The number of anilines is 1. The zero-order chi connectivity index (χ0) is 18.6. The number of carbonyl (C=O) groups is 1. The summed E-state index contributed by atoms with van der Waals surface area (Å²) in [6.07, 6.45) is -0.484. The molecule has 2 N–H and O–H groups in total. The number of hydrazine groups is 1. The lowest BCUT2D eigenvalue weighted by molar-refractivity contribution is -0.137. The van der Waals surface area contributed by atoms with E-state index in [9.17, 15) is 18.0 Å². The van der Waals surface area contributed by atoms with Gasteiger partial charge in [-0.05, 0) is 48.0 Å². The van der Waals surface area contributed by atoms with Crippen molar-refractivity contribution in [2.75, 3.05) is 5.43 Å². The monoisotopic (exact) mass is 359 g/mol. The third-order valence-corrected chi connectivity index (χ3v) is 3.74. The lowest BCUT2D eigenvalue weighted by Crippen LogP contribution is -2.30. The van der Waals surface area contributed by atoms with Gasteiger partial charge in [0.05, 0.1) is 17.7 Å². The number of nitrogens with one attached hydrogen (secondary N) is 2. The summed E-state index contributed by atoms with van der Waals surface area (Å²) in [7, 11) is 0. The maximum Gasteiger partial charge on any atom is 0.416 e. The van der Waals surface area contributed by atoms with Gasteiger partial charge in [0.15, 0.2) is 0 Å². The van der Waals surface area contributed by atoms with Crippen LogP contribution in [0.15, 0.2) is 73.1 Å². The highest BCUT2D eigenvalue weighted by atomic mass is 19.4. The van der Waals surface area contributed by atoms with Crippen LogP contribution < -0.4 is 10.9 Å². The van der Waals surface area contributed by atoms with Gasteiger partial charge in [-0.15, -0.1) is 0 Å². The van der Waals surface area contributed by atoms with Crippen molar-refractivity contribution in [2.24, 2.45) is 0 Å². The number of rotatable bonds is 5. The molecular weight excluding hydrogens is 343 g/mol. The molecule has 0 fully saturated rings. The molecule has 0 unspecified atom stereocenters. The van der Waals surface area contributed by atoms with E-state index in [2.05, 4.69) is 10.9 Å². The van der Waals surface area contributed by atoms with Crippen molar-refractivity contribution >= 4 is 11.6 Å². The molecule has 3 rings (SSSR count). The van der Waals surface area contributed by atoms with Gasteiger partial charge in [0.25, 0.3) is 0 Å². The van der Waals surface area contributed by atoms with Crippen LogP contribution in [-0.4, -0.2) is 10.5 Å². The Balaban J connectivity index is 1.56. The number of hydrogen-bond acceptors (Lipinski definition) is 2. The molecule has 0 atom stereocenters. The topological polar surface area (TPSA) is 46.1 Å². The van der Waals surface area contributed by atoms with E-state index >= 15 is 0 Å². The van der Waals surface area contributed by atoms with Gasteiger partial charge in [-0.3, -0.25) is 15.6 Å². The summed E-state index contributed by atoms with van der Waals surface area (Å²) in [6.45, 7) is 0. The quantitative estimate of drug-likeness (QED) is 0.672. The molecule has 7 heteroatoms. The van der Waals surface area contributed by atoms with Gasteiger partial charge >= 0.3 is 6.18 Å². The first-order valence-electron chi connectivity index (χ1n) is 7.86. The van der Waals surface area contributed by atoms with Crippen LogP contribution in [0.25, 0.3) is 5.69 Å². The fourth-order valence-corrected chi connectivity index (χ4v) is 2.44. The molecule has 0 radical (unpaired) electrons. The second kappa shape index (κ2) is 7.35. The first-order valence-corrected chi connectivity index (χ1v) is 7.86. The Morgan fingerprint density at radius 2 is 1.65 bits per heavy atom. The Morgan fingerprint density at radius 1 is 0.962 bits per heavy atom. The third-order valence-electron chi connectivity index (χ3n) is 3.74. The summed E-state index contributed by atoms with van der Waals surface area (Å²) in [6, 6.07) is 15.9. The Hall–Kier alpha value is -3.22. The van der Waals surface area contributed by atoms with Crippen LogP contribution in [0.1, 0.15) is 11.1 Å². The van der Waals surface area contributed by atoms with Gasteiger partial charge < -0.3 is 4.57 Å². The highest BCUT2D eigenvalue weighted by molar-refractivity contribution is 5.79. The minimum absolute atomic E-state index is 0.109. The lowest BCUT2D eigenvalue weighted by Gasteiger charge is -2.12. The van der Waals surface area contributed by atoms with Gasteiger partial charge in [-0.1, -0.05) is 18.2 Å². The predicted molar refractivity (Wildman–Crippen MR) is 92.7 cm³/mol. The number of nitrogens with zero attached hydrogens (tertiary/aromatic N) is 1. The van der Waals surface area contributed by atoms with Crippen molar-refractivity contribution in [3.05, 3.63) is 84.2 Å². The van der Waals surface area contributed by atoms with Crippen molar-refractivity contribution < 1.29 is 18.0 Å². The number of halogens is 3. The molecular formula is C19H16F3N3O. The smallest absolute Gasteiger partial charge is 0.324 e. The van der Waals surface area contributed by atoms with Crippen LogP contribution in [0.2, 0.25) is 0 Å².